The fraction of sp³-hybridized carbons (Fsp3) is 0.250. The normalized spacial score (nSPS) is 11.7. The molecule has 0 aliphatic heterocycles. The Morgan fingerprint density at radius 3 is 2.67 bits per heavy atom. The third kappa shape index (κ3) is 2.91. The van der Waals surface area contributed by atoms with Crippen molar-refractivity contribution in [2.24, 2.45) is 0 Å². The van der Waals surface area contributed by atoms with Crippen LogP contribution in [0, 0.1) is 13.8 Å². The van der Waals surface area contributed by atoms with Crippen LogP contribution >= 0.6 is 10.7 Å². The number of aromatic nitrogens is 2. The molecule has 1 aromatic carbocycles. The Morgan fingerprint density at radius 1 is 1.33 bits per heavy atom. The summed E-state index contributed by atoms with van der Waals surface area (Å²) in [5, 5.41) is 4.00. The van der Waals surface area contributed by atoms with Crippen LogP contribution in [-0.4, -0.2) is 18.2 Å². The molecule has 0 atom stereocenters. The summed E-state index contributed by atoms with van der Waals surface area (Å²) in [4.78, 5) is 0.0227. The van der Waals surface area contributed by atoms with Crippen molar-refractivity contribution in [1.29, 1.82) is 0 Å². The van der Waals surface area contributed by atoms with Gasteiger partial charge in [0.2, 0.25) is 0 Å². The molecule has 1 heterocycles. The van der Waals surface area contributed by atoms with E-state index in [1.165, 1.54) is 12.4 Å². The Hall–Kier alpha value is -1.33. The van der Waals surface area contributed by atoms with Gasteiger partial charge in [-0.1, -0.05) is 23.8 Å². The van der Waals surface area contributed by atoms with Gasteiger partial charge < -0.3 is 0 Å². The first kappa shape index (κ1) is 13.1. The van der Waals surface area contributed by atoms with Gasteiger partial charge in [-0.25, -0.2) is 8.42 Å². The van der Waals surface area contributed by atoms with Crippen LogP contribution < -0.4 is 0 Å². The Morgan fingerprint density at radius 2 is 2.06 bits per heavy atom. The van der Waals surface area contributed by atoms with Gasteiger partial charge in [0.15, 0.2) is 0 Å². The molecule has 2 aromatic rings. The fourth-order valence-electron chi connectivity index (χ4n) is 1.70. The predicted molar refractivity (Wildman–Crippen MR) is 70.3 cm³/mol. The van der Waals surface area contributed by atoms with E-state index in [4.69, 9.17) is 10.7 Å². The quantitative estimate of drug-likeness (QED) is 0.814. The van der Waals surface area contributed by atoms with Crippen LogP contribution in [0.25, 0.3) is 0 Å². The number of hydrogen-bond donors (Lipinski definition) is 0. The predicted octanol–water partition coefficient (Wildman–Crippen LogP) is 2.48. The third-order valence-corrected chi connectivity index (χ3v) is 4.04. The van der Waals surface area contributed by atoms with E-state index in [0.29, 0.717) is 6.54 Å². The summed E-state index contributed by atoms with van der Waals surface area (Å²) in [6.07, 6.45) is 2.69. The highest BCUT2D eigenvalue weighted by Gasteiger charge is 2.12. The minimum atomic E-state index is -3.70. The van der Waals surface area contributed by atoms with Crippen LogP contribution in [0.2, 0.25) is 0 Å². The summed E-state index contributed by atoms with van der Waals surface area (Å²) in [6, 6.07) is 6.13. The lowest BCUT2D eigenvalue weighted by atomic mass is 10.1. The van der Waals surface area contributed by atoms with Crippen molar-refractivity contribution in [1.82, 2.24) is 9.78 Å². The van der Waals surface area contributed by atoms with Crippen molar-refractivity contribution in [2.45, 2.75) is 25.3 Å². The molecule has 0 spiro atoms. The van der Waals surface area contributed by atoms with E-state index in [1.54, 1.807) is 4.68 Å². The van der Waals surface area contributed by atoms with Crippen molar-refractivity contribution in [2.75, 3.05) is 0 Å². The largest absolute Gasteiger partial charge is 0.267 e. The highest BCUT2D eigenvalue weighted by molar-refractivity contribution is 8.13. The van der Waals surface area contributed by atoms with Gasteiger partial charge >= 0.3 is 0 Å². The molecule has 0 saturated carbocycles. The van der Waals surface area contributed by atoms with Crippen molar-refractivity contribution in [3.63, 3.8) is 0 Å². The van der Waals surface area contributed by atoms with E-state index in [9.17, 15) is 8.42 Å². The van der Waals surface area contributed by atoms with Crippen LogP contribution in [0.4, 0.5) is 0 Å². The van der Waals surface area contributed by atoms with E-state index in [-0.39, 0.29) is 4.90 Å². The summed E-state index contributed by atoms with van der Waals surface area (Å²) in [5.74, 6) is 0. The molecule has 0 saturated heterocycles. The molecule has 0 aliphatic rings. The molecule has 18 heavy (non-hydrogen) atoms. The second kappa shape index (κ2) is 4.74. The van der Waals surface area contributed by atoms with E-state index >= 15 is 0 Å². The lowest BCUT2D eigenvalue weighted by Crippen LogP contribution is -2.02. The van der Waals surface area contributed by atoms with Crippen molar-refractivity contribution < 1.29 is 8.42 Å². The van der Waals surface area contributed by atoms with Gasteiger partial charge in [-0.3, -0.25) is 4.68 Å². The molecule has 0 fully saturated rings. The minimum absolute atomic E-state index is 0.0227. The summed E-state index contributed by atoms with van der Waals surface area (Å²) < 4.78 is 23.8. The Balaban J connectivity index is 2.29. The van der Waals surface area contributed by atoms with Crippen molar-refractivity contribution in [3.8, 4) is 0 Å². The third-order valence-electron chi connectivity index (χ3n) is 2.73. The molecular weight excluding hydrogens is 272 g/mol. The van der Waals surface area contributed by atoms with E-state index in [0.717, 1.165) is 16.7 Å². The van der Waals surface area contributed by atoms with Crippen LogP contribution in [-0.2, 0) is 15.6 Å². The summed E-state index contributed by atoms with van der Waals surface area (Å²) in [6.45, 7) is 4.55. The molecule has 4 nitrogen and oxygen atoms in total. The molecule has 96 valence electrons. The first-order valence-corrected chi connectivity index (χ1v) is 7.70. The van der Waals surface area contributed by atoms with Gasteiger partial charge in [-0.15, -0.1) is 0 Å². The highest BCUT2D eigenvalue weighted by atomic mass is 35.7. The zero-order valence-corrected chi connectivity index (χ0v) is 11.7. The lowest BCUT2D eigenvalue weighted by Gasteiger charge is -2.07. The molecule has 0 unspecified atom stereocenters. The minimum Gasteiger partial charge on any atom is -0.267 e. The average molecular weight is 285 g/mol. The number of hydrogen-bond acceptors (Lipinski definition) is 3. The van der Waals surface area contributed by atoms with Crippen LogP contribution in [0.15, 0.2) is 35.5 Å². The first-order chi connectivity index (χ1) is 8.36. The number of halogens is 1. The summed E-state index contributed by atoms with van der Waals surface area (Å²) in [7, 11) is 1.55. The first-order valence-electron chi connectivity index (χ1n) is 5.39. The van der Waals surface area contributed by atoms with Crippen LogP contribution in [0.1, 0.15) is 16.7 Å². The van der Waals surface area contributed by atoms with Gasteiger partial charge in [0.1, 0.15) is 4.90 Å². The smallest absolute Gasteiger partial charge is 0.264 e. The molecule has 0 N–H and O–H groups in total. The summed E-state index contributed by atoms with van der Waals surface area (Å²) in [5.41, 5.74) is 3.41. The molecule has 0 amide bonds. The summed E-state index contributed by atoms with van der Waals surface area (Å²) >= 11 is 0. The van der Waals surface area contributed by atoms with Gasteiger partial charge in [0.05, 0.1) is 12.7 Å². The monoisotopic (exact) mass is 284 g/mol. The van der Waals surface area contributed by atoms with Crippen LogP contribution in [0.5, 0.6) is 0 Å². The van der Waals surface area contributed by atoms with Gasteiger partial charge in [-0.2, -0.15) is 5.10 Å². The molecule has 0 radical (unpaired) electrons. The van der Waals surface area contributed by atoms with Crippen LogP contribution in [0.3, 0.4) is 0 Å². The Bertz CT molecular complexity index is 677. The van der Waals surface area contributed by atoms with E-state index < -0.39 is 9.05 Å². The molecular formula is C12H13ClN2O2S. The number of rotatable bonds is 3. The molecule has 6 heteroatoms. The second-order valence-electron chi connectivity index (χ2n) is 4.24. The standard InChI is InChI=1S/C12H13ClN2O2S/c1-9-3-4-10(2)11(5-9)7-15-8-12(6-14-15)18(13,16)17/h3-6,8H,7H2,1-2H3. The van der Waals surface area contributed by atoms with E-state index in [2.05, 4.69) is 11.2 Å². The topological polar surface area (TPSA) is 52.0 Å². The lowest BCUT2D eigenvalue weighted by molar-refractivity contribution is 0.609. The Kier molecular flexibility index (Phi) is 3.45. The number of aryl methyl sites for hydroxylation is 2. The maximum Gasteiger partial charge on any atom is 0.264 e. The SMILES string of the molecule is Cc1ccc(C)c(Cn2cc(S(=O)(=O)Cl)cn2)c1. The van der Waals surface area contributed by atoms with Gasteiger partial charge in [0, 0.05) is 16.9 Å². The van der Waals surface area contributed by atoms with Gasteiger partial charge in [0.25, 0.3) is 9.05 Å². The zero-order chi connectivity index (χ0) is 13.3. The second-order valence-corrected chi connectivity index (χ2v) is 6.81. The van der Waals surface area contributed by atoms with Gasteiger partial charge in [-0.05, 0) is 25.0 Å². The molecule has 1 aromatic heterocycles. The maximum atomic E-state index is 11.1. The fourth-order valence-corrected chi connectivity index (χ4v) is 2.36. The maximum absolute atomic E-state index is 11.1. The molecule has 2 rings (SSSR count). The van der Waals surface area contributed by atoms with Crippen molar-refractivity contribution in [3.05, 3.63) is 47.3 Å². The Labute approximate surface area is 111 Å². The molecule has 0 aliphatic carbocycles. The van der Waals surface area contributed by atoms with E-state index in [1.807, 2.05) is 26.0 Å². The van der Waals surface area contributed by atoms with Crippen molar-refractivity contribution >= 4 is 19.7 Å². The molecule has 0 bridgehead atoms. The highest BCUT2D eigenvalue weighted by Crippen LogP contribution is 2.16. The number of nitrogens with zero attached hydrogens (tertiary/aromatic N) is 2. The zero-order valence-electron chi connectivity index (χ0n) is 10.1. The average Bonchev–Trinajstić information content (AvgIpc) is 2.71. The number of benzene rings is 1.